The van der Waals surface area contributed by atoms with Crippen molar-refractivity contribution in [2.75, 3.05) is 26.3 Å². The van der Waals surface area contributed by atoms with E-state index in [9.17, 15) is 4.79 Å². The van der Waals surface area contributed by atoms with Crippen LogP contribution in [-0.2, 0) is 21.4 Å². The Morgan fingerprint density at radius 1 is 1.17 bits per heavy atom. The van der Waals surface area contributed by atoms with Crippen molar-refractivity contribution in [1.82, 2.24) is 15.1 Å². The molecule has 5 heteroatoms. The van der Waals surface area contributed by atoms with Gasteiger partial charge in [-0.3, -0.25) is 9.89 Å². The molecule has 1 atom stereocenters. The molecule has 30 heavy (non-hydrogen) atoms. The van der Waals surface area contributed by atoms with Crippen LogP contribution in [-0.4, -0.2) is 47.3 Å². The number of rotatable bonds is 4. The van der Waals surface area contributed by atoms with E-state index in [4.69, 9.17) is 4.74 Å². The number of nitrogens with one attached hydrogen (secondary N) is 1. The van der Waals surface area contributed by atoms with Crippen LogP contribution in [0.5, 0.6) is 0 Å². The van der Waals surface area contributed by atoms with Gasteiger partial charge in [0.2, 0.25) is 5.91 Å². The van der Waals surface area contributed by atoms with Crippen molar-refractivity contribution in [3.05, 3.63) is 65.9 Å². The summed E-state index contributed by atoms with van der Waals surface area (Å²) in [5.74, 6) is 0.599. The maximum Gasteiger partial charge on any atom is 0.233 e. The molecule has 1 N–H and O–H groups in total. The molecular formula is C25H29N3O2. The highest BCUT2D eigenvalue weighted by Gasteiger charge is 2.45. The van der Waals surface area contributed by atoms with Gasteiger partial charge in [-0.15, -0.1) is 0 Å². The molecule has 1 saturated carbocycles. The van der Waals surface area contributed by atoms with Crippen LogP contribution in [0.15, 0.2) is 54.7 Å². The van der Waals surface area contributed by atoms with Crippen LogP contribution in [0.25, 0.3) is 10.9 Å². The summed E-state index contributed by atoms with van der Waals surface area (Å²) >= 11 is 0. The Morgan fingerprint density at radius 2 is 2.00 bits per heavy atom. The lowest BCUT2D eigenvalue weighted by atomic mass is 9.77. The minimum atomic E-state index is -0.355. The lowest BCUT2D eigenvalue weighted by molar-refractivity contribution is -0.137. The van der Waals surface area contributed by atoms with Gasteiger partial charge in [-0.2, -0.15) is 5.10 Å². The second kappa shape index (κ2) is 8.23. The molecule has 5 rings (SSSR count). The van der Waals surface area contributed by atoms with E-state index in [1.807, 2.05) is 12.3 Å². The summed E-state index contributed by atoms with van der Waals surface area (Å²) in [7, 11) is 0. The first-order valence-electron chi connectivity index (χ1n) is 11.1. The molecule has 5 nitrogen and oxygen atoms in total. The highest BCUT2D eigenvalue weighted by molar-refractivity contribution is 5.88. The van der Waals surface area contributed by atoms with Crippen LogP contribution in [0, 0.1) is 5.92 Å². The predicted octanol–water partition coefficient (Wildman–Crippen LogP) is 4.09. The Bertz CT molecular complexity index is 1010. The van der Waals surface area contributed by atoms with Gasteiger partial charge in [-0.1, -0.05) is 49.2 Å². The molecule has 2 aromatic carbocycles. The van der Waals surface area contributed by atoms with Gasteiger partial charge in [0.25, 0.3) is 0 Å². The molecule has 1 amide bonds. The number of aromatic nitrogens is 2. The van der Waals surface area contributed by atoms with Gasteiger partial charge in [-0.05, 0) is 42.5 Å². The van der Waals surface area contributed by atoms with Crippen molar-refractivity contribution in [2.45, 2.75) is 37.5 Å². The van der Waals surface area contributed by atoms with Crippen LogP contribution in [0.3, 0.4) is 0 Å². The summed E-state index contributed by atoms with van der Waals surface area (Å²) < 4.78 is 5.92. The van der Waals surface area contributed by atoms with Crippen molar-refractivity contribution in [3.8, 4) is 0 Å². The zero-order chi connectivity index (χ0) is 20.4. The van der Waals surface area contributed by atoms with Gasteiger partial charge < -0.3 is 9.64 Å². The highest BCUT2D eigenvalue weighted by atomic mass is 16.5. The standard InChI is InChI=1S/C25H29N3O2/c29-24(25(10-4-5-11-25)22-6-2-1-3-7-22)28-12-13-30-18-20(17-28)14-19-8-9-23-21(15-19)16-26-27-23/h1-3,6-9,15-16,20H,4-5,10-14,17-18H2,(H,26,27). The van der Waals surface area contributed by atoms with Crippen molar-refractivity contribution < 1.29 is 9.53 Å². The quantitative estimate of drug-likeness (QED) is 0.714. The van der Waals surface area contributed by atoms with Gasteiger partial charge >= 0.3 is 0 Å². The number of hydrogen-bond donors (Lipinski definition) is 1. The van der Waals surface area contributed by atoms with E-state index in [-0.39, 0.29) is 5.41 Å². The van der Waals surface area contributed by atoms with E-state index in [0.717, 1.165) is 49.6 Å². The molecular weight excluding hydrogens is 374 g/mol. The molecule has 1 aliphatic carbocycles. The molecule has 0 radical (unpaired) electrons. The third-order valence-corrected chi connectivity index (χ3v) is 6.85. The fourth-order valence-corrected chi connectivity index (χ4v) is 5.31. The molecule has 1 aliphatic heterocycles. The number of carbonyl (C=O) groups excluding carboxylic acids is 1. The van der Waals surface area contributed by atoms with E-state index in [1.54, 1.807) is 0 Å². The molecule has 156 valence electrons. The Labute approximate surface area is 177 Å². The van der Waals surface area contributed by atoms with Crippen molar-refractivity contribution in [3.63, 3.8) is 0 Å². The Balaban J connectivity index is 1.36. The van der Waals surface area contributed by atoms with Crippen LogP contribution < -0.4 is 0 Å². The van der Waals surface area contributed by atoms with Crippen LogP contribution in [0.1, 0.15) is 36.8 Å². The molecule has 0 bridgehead atoms. The maximum absolute atomic E-state index is 13.9. The minimum Gasteiger partial charge on any atom is -0.379 e. The average Bonchev–Trinajstić information content (AvgIpc) is 3.40. The molecule has 1 saturated heterocycles. The number of ether oxygens (including phenoxy) is 1. The van der Waals surface area contributed by atoms with Gasteiger partial charge in [-0.25, -0.2) is 0 Å². The molecule has 1 unspecified atom stereocenters. The number of benzene rings is 2. The number of amides is 1. The summed E-state index contributed by atoms with van der Waals surface area (Å²) in [4.78, 5) is 16.0. The number of carbonyl (C=O) groups is 1. The van der Waals surface area contributed by atoms with Gasteiger partial charge in [0.15, 0.2) is 0 Å². The van der Waals surface area contributed by atoms with Crippen LogP contribution in [0.4, 0.5) is 0 Å². The molecule has 0 spiro atoms. The second-order valence-corrected chi connectivity index (χ2v) is 8.84. The average molecular weight is 404 g/mol. The number of H-pyrrole nitrogens is 1. The normalized spacial score (nSPS) is 21.6. The summed E-state index contributed by atoms with van der Waals surface area (Å²) in [6, 6.07) is 16.8. The smallest absolute Gasteiger partial charge is 0.233 e. The molecule has 2 fully saturated rings. The first-order chi connectivity index (χ1) is 14.7. The summed E-state index contributed by atoms with van der Waals surface area (Å²) in [6.07, 6.45) is 6.92. The third kappa shape index (κ3) is 3.63. The SMILES string of the molecule is O=C(N1CCOCC(Cc2ccc3[nH]ncc3c2)C1)C1(c2ccccc2)CCCC1. The van der Waals surface area contributed by atoms with Crippen molar-refractivity contribution >= 4 is 16.8 Å². The van der Waals surface area contributed by atoms with E-state index in [1.165, 1.54) is 11.1 Å². The number of hydrogen-bond acceptors (Lipinski definition) is 3. The van der Waals surface area contributed by atoms with Crippen molar-refractivity contribution in [2.24, 2.45) is 5.92 Å². The van der Waals surface area contributed by atoms with Crippen LogP contribution >= 0.6 is 0 Å². The monoisotopic (exact) mass is 403 g/mol. The summed E-state index contributed by atoms with van der Waals surface area (Å²) in [5, 5.41) is 8.25. The van der Waals surface area contributed by atoms with Gasteiger partial charge in [0.05, 0.1) is 30.3 Å². The Morgan fingerprint density at radius 3 is 2.83 bits per heavy atom. The highest BCUT2D eigenvalue weighted by Crippen LogP contribution is 2.43. The van der Waals surface area contributed by atoms with Gasteiger partial charge in [0.1, 0.15) is 0 Å². The zero-order valence-electron chi connectivity index (χ0n) is 17.3. The second-order valence-electron chi connectivity index (χ2n) is 8.84. The maximum atomic E-state index is 13.9. The lowest BCUT2D eigenvalue weighted by Crippen LogP contribution is -2.47. The summed E-state index contributed by atoms with van der Waals surface area (Å²) in [6.45, 7) is 2.76. The van der Waals surface area contributed by atoms with E-state index in [0.29, 0.717) is 31.6 Å². The third-order valence-electron chi connectivity index (χ3n) is 6.85. The first-order valence-corrected chi connectivity index (χ1v) is 11.1. The molecule has 2 heterocycles. The van der Waals surface area contributed by atoms with Crippen molar-refractivity contribution in [1.29, 1.82) is 0 Å². The fraction of sp³-hybridized carbons (Fsp3) is 0.440. The topological polar surface area (TPSA) is 58.2 Å². The predicted molar refractivity (Wildman–Crippen MR) is 117 cm³/mol. The largest absolute Gasteiger partial charge is 0.379 e. The molecule has 2 aliphatic rings. The number of nitrogens with zero attached hydrogens (tertiary/aromatic N) is 2. The van der Waals surface area contributed by atoms with Gasteiger partial charge in [0, 0.05) is 24.4 Å². The minimum absolute atomic E-state index is 0.298. The van der Waals surface area contributed by atoms with E-state index >= 15 is 0 Å². The number of fused-ring (bicyclic) bond motifs is 1. The summed E-state index contributed by atoms with van der Waals surface area (Å²) in [5.41, 5.74) is 3.15. The van der Waals surface area contributed by atoms with E-state index in [2.05, 4.69) is 57.6 Å². The number of aromatic amines is 1. The Kier molecular flexibility index (Phi) is 5.30. The molecule has 1 aromatic heterocycles. The zero-order valence-corrected chi connectivity index (χ0v) is 17.3. The Hall–Kier alpha value is -2.66. The van der Waals surface area contributed by atoms with E-state index < -0.39 is 0 Å². The first kappa shape index (κ1) is 19.3. The molecule has 3 aromatic rings. The van der Waals surface area contributed by atoms with Crippen LogP contribution in [0.2, 0.25) is 0 Å². The fourth-order valence-electron chi connectivity index (χ4n) is 5.31. The lowest BCUT2D eigenvalue weighted by Gasteiger charge is -2.35.